The van der Waals surface area contributed by atoms with Gasteiger partial charge in [0.25, 0.3) is 0 Å². The van der Waals surface area contributed by atoms with Crippen LogP contribution in [0.3, 0.4) is 0 Å². The molecule has 1 fully saturated rings. The minimum absolute atomic E-state index is 0.0216. The molecule has 1 N–H and O–H groups in total. The predicted molar refractivity (Wildman–Crippen MR) is 81.7 cm³/mol. The summed E-state index contributed by atoms with van der Waals surface area (Å²) < 4.78 is 0. The van der Waals surface area contributed by atoms with Gasteiger partial charge in [0, 0.05) is 23.8 Å². The molecular weight excluding hydrogens is 248 g/mol. The van der Waals surface area contributed by atoms with Crippen molar-refractivity contribution < 1.29 is 4.79 Å². The molecule has 2 aliphatic heterocycles. The zero-order valence-electron chi connectivity index (χ0n) is 12.6. The molecule has 3 heteroatoms. The van der Waals surface area contributed by atoms with Crippen molar-refractivity contribution in [1.29, 1.82) is 0 Å². The van der Waals surface area contributed by atoms with E-state index in [4.69, 9.17) is 0 Å². The van der Waals surface area contributed by atoms with Crippen LogP contribution < -0.4 is 5.32 Å². The quantitative estimate of drug-likeness (QED) is 0.852. The Bertz CT molecular complexity index is 523. The average Bonchev–Trinajstić information content (AvgIpc) is 2.77. The van der Waals surface area contributed by atoms with Crippen LogP contribution in [0.5, 0.6) is 0 Å². The van der Waals surface area contributed by atoms with Crippen LogP contribution >= 0.6 is 0 Å². The Hall–Kier alpha value is -1.51. The number of nitrogens with zero attached hydrogens (tertiary/aromatic N) is 1. The molecular formula is C17H24N2O. The lowest BCUT2D eigenvalue weighted by Crippen LogP contribution is -2.50. The van der Waals surface area contributed by atoms with Gasteiger partial charge in [0.15, 0.2) is 0 Å². The van der Waals surface area contributed by atoms with Crippen molar-refractivity contribution in [2.75, 3.05) is 11.9 Å². The van der Waals surface area contributed by atoms with Gasteiger partial charge in [-0.3, -0.25) is 4.79 Å². The molecule has 0 aromatic heterocycles. The van der Waals surface area contributed by atoms with E-state index in [1.165, 1.54) is 11.3 Å². The summed E-state index contributed by atoms with van der Waals surface area (Å²) in [5.74, 6) is 0.379. The Balaban J connectivity index is 1.83. The van der Waals surface area contributed by atoms with E-state index in [2.05, 4.69) is 49.2 Å². The third-order valence-electron chi connectivity index (χ3n) is 4.93. The number of amides is 1. The Morgan fingerprint density at radius 3 is 2.80 bits per heavy atom. The lowest BCUT2D eigenvalue weighted by molar-refractivity contribution is -0.139. The van der Waals surface area contributed by atoms with E-state index in [0.29, 0.717) is 5.91 Å². The molecule has 0 saturated carbocycles. The first-order chi connectivity index (χ1) is 9.49. The van der Waals surface area contributed by atoms with Crippen LogP contribution in [-0.2, 0) is 11.2 Å². The summed E-state index contributed by atoms with van der Waals surface area (Å²) in [6, 6.07) is 8.53. The van der Waals surface area contributed by atoms with Crippen LogP contribution in [0.25, 0.3) is 0 Å². The van der Waals surface area contributed by atoms with Gasteiger partial charge < -0.3 is 10.2 Å². The first-order valence-corrected chi connectivity index (χ1v) is 7.65. The maximum absolute atomic E-state index is 12.9. The molecule has 1 aromatic carbocycles. The highest BCUT2D eigenvalue weighted by Gasteiger charge is 2.41. The van der Waals surface area contributed by atoms with Gasteiger partial charge in [-0.05, 0) is 51.7 Å². The Kier molecular flexibility index (Phi) is 3.23. The maximum Gasteiger partial charge on any atom is 0.228 e. The first-order valence-electron chi connectivity index (χ1n) is 7.65. The molecule has 20 heavy (non-hydrogen) atoms. The molecule has 1 saturated heterocycles. The SMILES string of the molecule is CC1Nc2ccccc2CC1C(=O)N1CCCC1(C)C. The number of carbonyl (C=O) groups is 1. The molecule has 3 rings (SSSR count). The number of likely N-dealkylation sites (tertiary alicyclic amines) is 1. The van der Waals surface area contributed by atoms with E-state index >= 15 is 0 Å². The van der Waals surface area contributed by atoms with Crippen LogP contribution in [-0.4, -0.2) is 28.9 Å². The smallest absolute Gasteiger partial charge is 0.228 e. The van der Waals surface area contributed by atoms with Crippen molar-refractivity contribution in [2.24, 2.45) is 5.92 Å². The number of hydrogen-bond donors (Lipinski definition) is 1. The summed E-state index contributed by atoms with van der Waals surface area (Å²) >= 11 is 0. The van der Waals surface area contributed by atoms with Crippen molar-refractivity contribution in [2.45, 2.75) is 51.6 Å². The van der Waals surface area contributed by atoms with Gasteiger partial charge in [0.2, 0.25) is 5.91 Å². The Morgan fingerprint density at radius 2 is 2.10 bits per heavy atom. The molecule has 0 radical (unpaired) electrons. The maximum atomic E-state index is 12.9. The molecule has 1 aromatic rings. The molecule has 2 aliphatic rings. The van der Waals surface area contributed by atoms with Gasteiger partial charge >= 0.3 is 0 Å². The van der Waals surface area contributed by atoms with Crippen molar-refractivity contribution in [3.63, 3.8) is 0 Å². The highest BCUT2D eigenvalue weighted by molar-refractivity contribution is 5.82. The minimum atomic E-state index is 0.0216. The fourth-order valence-electron chi connectivity index (χ4n) is 3.62. The Labute approximate surface area is 121 Å². The number of benzene rings is 1. The minimum Gasteiger partial charge on any atom is -0.382 e. The molecule has 2 unspecified atom stereocenters. The topological polar surface area (TPSA) is 32.3 Å². The molecule has 0 spiro atoms. The van der Waals surface area contributed by atoms with E-state index in [0.717, 1.165) is 25.8 Å². The van der Waals surface area contributed by atoms with Gasteiger partial charge in [-0.15, -0.1) is 0 Å². The second-order valence-electron chi connectivity index (χ2n) is 6.81. The average molecular weight is 272 g/mol. The lowest BCUT2D eigenvalue weighted by atomic mass is 9.86. The number of para-hydroxylation sites is 1. The van der Waals surface area contributed by atoms with E-state index in [-0.39, 0.29) is 17.5 Å². The number of rotatable bonds is 1. The van der Waals surface area contributed by atoms with Crippen LogP contribution in [0.2, 0.25) is 0 Å². The zero-order chi connectivity index (χ0) is 14.3. The van der Waals surface area contributed by atoms with Gasteiger partial charge in [0.1, 0.15) is 0 Å². The number of fused-ring (bicyclic) bond motifs is 1. The highest BCUT2D eigenvalue weighted by atomic mass is 16.2. The molecule has 2 heterocycles. The van der Waals surface area contributed by atoms with Crippen LogP contribution in [0, 0.1) is 5.92 Å². The van der Waals surface area contributed by atoms with E-state index in [1.54, 1.807) is 0 Å². The standard InChI is InChI=1S/C17H24N2O/c1-12-14(11-13-7-4-5-8-15(13)18-12)16(20)19-10-6-9-17(19,2)3/h4-5,7-8,12,14,18H,6,9-11H2,1-3H3. The molecule has 1 amide bonds. The zero-order valence-corrected chi connectivity index (χ0v) is 12.6. The molecule has 0 aliphatic carbocycles. The second kappa shape index (κ2) is 4.80. The summed E-state index contributed by atoms with van der Waals surface area (Å²) in [7, 11) is 0. The number of anilines is 1. The van der Waals surface area contributed by atoms with Gasteiger partial charge in [-0.1, -0.05) is 18.2 Å². The van der Waals surface area contributed by atoms with Crippen molar-refractivity contribution >= 4 is 11.6 Å². The molecule has 108 valence electrons. The van der Waals surface area contributed by atoms with Gasteiger partial charge in [-0.25, -0.2) is 0 Å². The third kappa shape index (κ3) is 2.19. The molecule has 2 atom stereocenters. The Morgan fingerprint density at radius 1 is 1.35 bits per heavy atom. The lowest BCUT2D eigenvalue weighted by Gasteiger charge is -2.38. The normalized spacial score (nSPS) is 27.9. The summed E-state index contributed by atoms with van der Waals surface area (Å²) in [6.07, 6.45) is 3.10. The van der Waals surface area contributed by atoms with Crippen LogP contribution in [0.15, 0.2) is 24.3 Å². The fourth-order valence-corrected chi connectivity index (χ4v) is 3.62. The monoisotopic (exact) mass is 272 g/mol. The fraction of sp³-hybridized carbons (Fsp3) is 0.588. The molecule has 0 bridgehead atoms. The number of hydrogen-bond acceptors (Lipinski definition) is 2. The number of carbonyl (C=O) groups excluding carboxylic acids is 1. The van der Waals surface area contributed by atoms with Gasteiger partial charge in [0.05, 0.1) is 5.92 Å². The van der Waals surface area contributed by atoms with E-state index < -0.39 is 0 Å². The van der Waals surface area contributed by atoms with Gasteiger partial charge in [-0.2, -0.15) is 0 Å². The summed E-state index contributed by atoms with van der Waals surface area (Å²) in [4.78, 5) is 15.0. The van der Waals surface area contributed by atoms with E-state index in [9.17, 15) is 4.79 Å². The van der Waals surface area contributed by atoms with E-state index in [1.807, 2.05) is 6.07 Å². The van der Waals surface area contributed by atoms with Crippen molar-refractivity contribution in [3.8, 4) is 0 Å². The van der Waals surface area contributed by atoms with Crippen molar-refractivity contribution in [3.05, 3.63) is 29.8 Å². The van der Waals surface area contributed by atoms with Crippen LogP contribution in [0.4, 0.5) is 5.69 Å². The van der Waals surface area contributed by atoms with Crippen molar-refractivity contribution in [1.82, 2.24) is 4.90 Å². The first kappa shape index (κ1) is 13.5. The van der Waals surface area contributed by atoms with Crippen LogP contribution in [0.1, 0.15) is 39.2 Å². The largest absolute Gasteiger partial charge is 0.382 e. The summed E-state index contributed by atoms with van der Waals surface area (Å²) in [6.45, 7) is 7.41. The summed E-state index contributed by atoms with van der Waals surface area (Å²) in [5, 5.41) is 3.49. The summed E-state index contributed by atoms with van der Waals surface area (Å²) in [5.41, 5.74) is 2.47. The predicted octanol–water partition coefficient (Wildman–Crippen LogP) is 3.06. The highest BCUT2D eigenvalue weighted by Crippen LogP contribution is 2.34. The number of nitrogens with one attached hydrogen (secondary N) is 1. The second-order valence-corrected chi connectivity index (χ2v) is 6.81. The third-order valence-corrected chi connectivity index (χ3v) is 4.93. The molecule has 3 nitrogen and oxygen atoms in total.